The number of carbonyl (C=O) groups is 2. The van der Waals surface area contributed by atoms with Gasteiger partial charge in [-0.15, -0.1) is 0 Å². The first-order valence-corrected chi connectivity index (χ1v) is 17.2. The number of anilines is 3. The van der Waals surface area contributed by atoms with Crippen LogP contribution in [0.3, 0.4) is 0 Å². The number of alkyl halides is 3. The quantitative estimate of drug-likeness (QED) is 0.158. The molecule has 2 fully saturated rings. The first kappa shape index (κ1) is 36.6. The standard InChI is InChI=1S/C34H40ClF3N10O2/c35-27-19-28(44-22-43-27)40-14-15-41-31(49)5-1-3-23-11-17-47(18-12-23)29-20-30(46-33(45-29)34(36,37)38)48-16-2-4-26(48)32(50)42-13-10-24-6-8-25(21-39)9-7-24/h6-9,19-20,22-23,26H,1-5,10-18H2,(H,41,49)(H,42,50)(H,40,43,44)/t26-/m0/s1. The Kier molecular flexibility index (Phi) is 12.6. The first-order chi connectivity index (χ1) is 24.1. The molecule has 2 amide bonds. The van der Waals surface area contributed by atoms with Crippen LogP contribution in [0.4, 0.5) is 30.6 Å². The molecule has 2 aliphatic rings. The van der Waals surface area contributed by atoms with Crippen molar-refractivity contribution in [2.24, 2.45) is 5.92 Å². The van der Waals surface area contributed by atoms with E-state index in [4.69, 9.17) is 16.9 Å². The van der Waals surface area contributed by atoms with Crippen molar-refractivity contribution in [2.75, 3.05) is 54.4 Å². The van der Waals surface area contributed by atoms with Crippen molar-refractivity contribution in [1.29, 1.82) is 5.26 Å². The number of halogens is 4. The monoisotopic (exact) mass is 712 g/mol. The maximum atomic E-state index is 14.0. The zero-order chi connectivity index (χ0) is 35.5. The number of hydrogen-bond donors (Lipinski definition) is 3. The van der Waals surface area contributed by atoms with E-state index in [9.17, 15) is 22.8 Å². The van der Waals surface area contributed by atoms with Crippen LogP contribution in [-0.2, 0) is 22.2 Å². The number of piperidine rings is 1. The van der Waals surface area contributed by atoms with Gasteiger partial charge in [-0.3, -0.25) is 9.59 Å². The van der Waals surface area contributed by atoms with E-state index in [2.05, 4.69) is 42.0 Å². The molecule has 2 saturated heterocycles. The number of rotatable bonds is 14. The summed E-state index contributed by atoms with van der Waals surface area (Å²) >= 11 is 5.84. The molecule has 2 aromatic heterocycles. The summed E-state index contributed by atoms with van der Waals surface area (Å²) in [6, 6.07) is 11.7. The molecule has 0 unspecified atom stereocenters. The molecule has 12 nitrogen and oxygen atoms in total. The highest BCUT2D eigenvalue weighted by atomic mass is 35.5. The second-order valence-electron chi connectivity index (χ2n) is 12.4. The van der Waals surface area contributed by atoms with Crippen LogP contribution in [0.25, 0.3) is 0 Å². The summed E-state index contributed by atoms with van der Waals surface area (Å²) in [6.07, 6.45) is 1.80. The third-order valence-electron chi connectivity index (χ3n) is 8.94. The molecule has 50 heavy (non-hydrogen) atoms. The minimum Gasteiger partial charge on any atom is -0.368 e. The van der Waals surface area contributed by atoms with Gasteiger partial charge in [-0.1, -0.05) is 23.7 Å². The van der Waals surface area contributed by atoms with Crippen LogP contribution >= 0.6 is 11.6 Å². The number of carbonyl (C=O) groups excluding carboxylic acids is 2. The van der Waals surface area contributed by atoms with Gasteiger partial charge in [0.25, 0.3) is 0 Å². The Bertz CT molecular complexity index is 1650. The number of hydrogen-bond acceptors (Lipinski definition) is 10. The minimum absolute atomic E-state index is 0.0432. The fraction of sp³-hybridized carbons (Fsp3) is 0.500. The summed E-state index contributed by atoms with van der Waals surface area (Å²) < 4.78 is 42.0. The molecule has 4 heterocycles. The zero-order valence-electron chi connectivity index (χ0n) is 27.6. The summed E-state index contributed by atoms with van der Waals surface area (Å²) in [4.78, 5) is 44.6. The maximum Gasteiger partial charge on any atom is 0.451 e. The van der Waals surface area contributed by atoms with Gasteiger partial charge in [0.15, 0.2) is 0 Å². The van der Waals surface area contributed by atoms with E-state index in [0.717, 1.165) is 24.8 Å². The molecule has 2 aliphatic heterocycles. The van der Waals surface area contributed by atoms with Crippen LogP contribution in [0.2, 0.25) is 5.15 Å². The maximum absolute atomic E-state index is 14.0. The van der Waals surface area contributed by atoms with Gasteiger partial charge in [-0.25, -0.2) is 19.9 Å². The predicted molar refractivity (Wildman–Crippen MR) is 183 cm³/mol. The highest BCUT2D eigenvalue weighted by Crippen LogP contribution is 2.34. The largest absolute Gasteiger partial charge is 0.451 e. The first-order valence-electron chi connectivity index (χ1n) is 16.8. The van der Waals surface area contributed by atoms with E-state index in [1.165, 1.54) is 6.33 Å². The molecule has 0 aliphatic carbocycles. The number of benzene rings is 1. The Hall–Kier alpha value is -4.71. The number of aromatic nitrogens is 4. The van der Waals surface area contributed by atoms with Gasteiger partial charge in [0, 0.05) is 57.8 Å². The lowest BCUT2D eigenvalue weighted by Gasteiger charge is -2.34. The van der Waals surface area contributed by atoms with E-state index in [1.807, 2.05) is 17.0 Å². The Labute approximate surface area is 293 Å². The van der Waals surface area contributed by atoms with Crippen LogP contribution < -0.4 is 25.8 Å². The Morgan fingerprint density at radius 2 is 1.72 bits per heavy atom. The summed E-state index contributed by atoms with van der Waals surface area (Å²) in [5, 5.41) is 18.2. The van der Waals surface area contributed by atoms with Crippen molar-refractivity contribution in [2.45, 2.75) is 63.6 Å². The van der Waals surface area contributed by atoms with E-state index >= 15 is 0 Å². The third kappa shape index (κ3) is 10.4. The average Bonchev–Trinajstić information content (AvgIpc) is 3.61. The molecule has 16 heteroatoms. The normalized spacial score (nSPS) is 16.6. The summed E-state index contributed by atoms with van der Waals surface area (Å²) in [5.74, 6) is -0.304. The highest BCUT2D eigenvalue weighted by molar-refractivity contribution is 6.29. The fourth-order valence-corrected chi connectivity index (χ4v) is 6.43. The molecular formula is C34H40ClF3N10O2. The molecule has 0 saturated carbocycles. The van der Waals surface area contributed by atoms with Gasteiger partial charge in [-0.2, -0.15) is 18.4 Å². The average molecular weight is 713 g/mol. The minimum atomic E-state index is -4.75. The van der Waals surface area contributed by atoms with E-state index in [-0.39, 0.29) is 23.5 Å². The highest BCUT2D eigenvalue weighted by Gasteiger charge is 2.39. The van der Waals surface area contributed by atoms with Crippen LogP contribution in [0.15, 0.2) is 42.7 Å². The predicted octanol–water partition coefficient (Wildman–Crippen LogP) is 4.75. The number of nitrogens with one attached hydrogen (secondary N) is 3. The smallest absolute Gasteiger partial charge is 0.368 e. The van der Waals surface area contributed by atoms with Crippen molar-refractivity contribution >= 4 is 40.9 Å². The van der Waals surface area contributed by atoms with Crippen LogP contribution in [-0.4, -0.2) is 77.1 Å². The molecule has 3 aromatic rings. The van der Waals surface area contributed by atoms with Gasteiger partial charge >= 0.3 is 6.18 Å². The van der Waals surface area contributed by atoms with Crippen molar-refractivity contribution in [3.8, 4) is 6.07 Å². The second-order valence-corrected chi connectivity index (χ2v) is 12.8. The van der Waals surface area contributed by atoms with Crippen LogP contribution in [0.5, 0.6) is 0 Å². The number of nitriles is 1. The Morgan fingerprint density at radius 3 is 2.44 bits per heavy atom. The molecule has 0 bridgehead atoms. The Morgan fingerprint density at radius 1 is 0.960 bits per heavy atom. The van der Waals surface area contributed by atoms with Crippen LogP contribution in [0, 0.1) is 17.2 Å². The molecule has 0 spiro atoms. The van der Waals surface area contributed by atoms with Gasteiger partial charge in [0.05, 0.1) is 11.6 Å². The summed E-state index contributed by atoms with van der Waals surface area (Å²) in [7, 11) is 0. The zero-order valence-corrected chi connectivity index (χ0v) is 28.3. The van der Waals surface area contributed by atoms with Crippen molar-refractivity contribution in [3.05, 3.63) is 64.8 Å². The van der Waals surface area contributed by atoms with E-state index in [1.54, 1.807) is 29.2 Å². The summed E-state index contributed by atoms with van der Waals surface area (Å²) in [6.45, 7) is 2.75. The molecule has 3 N–H and O–H groups in total. The van der Waals surface area contributed by atoms with Gasteiger partial charge in [-0.05, 0) is 68.6 Å². The fourth-order valence-electron chi connectivity index (χ4n) is 6.28. The number of nitrogens with zero attached hydrogens (tertiary/aromatic N) is 7. The van der Waals surface area contributed by atoms with Crippen molar-refractivity contribution in [1.82, 2.24) is 30.6 Å². The third-order valence-corrected chi connectivity index (χ3v) is 9.15. The van der Waals surface area contributed by atoms with E-state index in [0.29, 0.717) is 93.8 Å². The lowest BCUT2D eigenvalue weighted by atomic mass is 9.91. The van der Waals surface area contributed by atoms with E-state index < -0.39 is 18.0 Å². The molecule has 1 aromatic carbocycles. The Balaban J connectivity index is 1.10. The topological polar surface area (TPSA) is 152 Å². The SMILES string of the molecule is N#Cc1ccc(CCNC(=O)[C@@H]2CCCN2c2cc(N3CCC(CCCC(=O)NCCNc4cc(Cl)ncn4)CC3)nc(C(F)(F)F)n2)cc1. The summed E-state index contributed by atoms with van der Waals surface area (Å²) in [5.41, 5.74) is 1.51. The van der Waals surface area contributed by atoms with Crippen molar-refractivity contribution < 1.29 is 22.8 Å². The molecular weight excluding hydrogens is 673 g/mol. The van der Waals surface area contributed by atoms with Gasteiger partial charge in [0.1, 0.15) is 35.0 Å². The molecule has 266 valence electrons. The van der Waals surface area contributed by atoms with Gasteiger partial charge < -0.3 is 25.8 Å². The lowest BCUT2D eigenvalue weighted by molar-refractivity contribution is -0.144. The second kappa shape index (κ2) is 17.3. The molecule has 1 atom stereocenters. The molecule has 0 radical (unpaired) electrons. The van der Waals surface area contributed by atoms with Crippen LogP contribution in [0.1, 0.15) is 61.9 Å². The van der Waals surface area contributed by atoms with Gasteiger partial charge in [0.2, 0.25) is 17.6 Å². The molecule has 5 rings (SSSR count). The lowest BCUT2D eigenvalue weighted by Crippen LogP contribution is -2.44. The van der Waals surface area contributed by atoms with Crippen molar-refractivity contribution in [3.63, 3.8) is 0 Å². The number of amides is 2.